The molecule has 3 rings (SSSR count). The Morgan fingerprint density at radius 2 is 2.00 bits per heavy atom. The summed E-state index contributed by atoms with van der Waals surface area (Å²) in [6, 6.07) is 3.99. The van der Waals surface area contributed by atoms with Gasteiger partial charge in [-0.1, -0.05) is 36.9 Å². The molecule has 0 spiro atoms. The molecular weight excluding hydrogens is 244 g/mol. The third kappa shape index (κ3) is 2.86. The number of aromatic nitrogens is 1. The van der Waals surface area contributed by atoms with E-state index >= 15 is 0 Å². The lowest BCUT2D eigenvalue weighted by atomic mass is 9.75. The number of hydrogen-bond donors (Lipinski definition) is 0. The fourth-order valence-electron chi connectivity index (χ4n) is 3.58. The van der Waals surface area contributed by atoms with Gasteiger partial charge in [0.05, 0.1) is 0 Å². The summed E-state index contributed by atoms with van der Waals surface area (Å²) in [5, 5.41) is 0.588. The number of likely N-dealkylation sites (tertiary alicyclic amines) is 1. The van der Waals surface area contributed by atoms with E-state index < -0.39 is 0 Å². The highest BCUT2D eigenvalue weighted by molar-refractivity contribution is 6.29. The van der Waals surface area contributed by atoms with E-state index in [1.165, 1.54) is 50.8 Å². The third-order valence-electron chi connectivity index (χ3n) is 4.57. The molecule has 0 N–H and O–H groups in total. The second kappa shape index (κ2) is 5.58. The number of rotatable bonds is 2. The highest BCUT2D eigenvalue weighted by Crippen LogP contribution is 2.36. The molecule has 1 aromatic heterocycles. The summed E-state index contributed by atoms with van der Waals surface area (Å²) in [5.41, 5.74) is 1.29. The molecule has 98 valence electrons. The van der Waals surface area contributed by atoms with Crippen LogP contribution in [0, 0.1) is 11.8 Å². The molecule has 0 amide bonds. The Morgan fingerprint density at radius 1 is 1.17 bits per heavy atom. The first-order valence-electron chi connectivity index (χ1n) is 7.14. The summed E-state index contributed by atoms with van der Waals surface area (Å²) in [6.45, 7) is 3.57. The Bertz CT molecular complexity index is 390. The van der Waals surface area contributed by atoms with Crippen molar-refractivity contribution in [2.45, 2.75) is 38.6 Å². The van der Waals surface area contributed by atoms with Gasteiger partial charge in [-0.3, -0.25) is 4.90 Å². The maximum Gasteiger partial charge on any atom is 0.129 e. The van der Waals surface area contributed by atoms with E-state index in [1.807, 2.05) is 12.3 Å². The molecule has 18 heavy (non-hydrogen) atoms. The molecule has 2 nitrogen and oxygen atoms in total. The SMILES string of the molecule is Clc1ccc(CN2CCC3CCCCC3C2)cn1. The van der Waals surface area contributed by atoms with E-state index in [1.54, 1.807) is 0 Å². The molecule has 2 atom stereocenters. The number of fused-ring (bicyclic) bond motifs is 1. The normalized spacial score (nSPS) is 28.9. The smallest absolute Gasteiger partial charge is 0.129 e. The number of hydrogen-bond acceptors (Lipinski definition) is 2. The number of pyridine rings is 1. The molecule has 2 fully saturated rings. The average molecular weight is 265 g/mol. The van der Waals surface area contributed by atoms with Gasteiger partial charge in [-0.25, -0.2) is 4.98 Å². The molecule has 2 unspecified atom stereocenters. The number of piperidine rings is 1. The lowest BCUT2D eigenvalue weighted by Gasteiger charge is -2.41. The minimum Gasteiger partial charge on any atom is -0.299 e. The maximum absolute atomic E-state index is 5.82. The molecule has 3 heteroatoms. The van der Waals surface area contributed by atoms with E-state index in [0.29, 0.717) is 5.15 Å². The van der Waals surface area contributed by atoms with Crippen LogP contribution in [-0.2, 0) is 6.54 Å². The fourth-order valence-corrected chi connectivity index (χ4v) is 3.69. The van der Waals surface area contributed by atoms with Crippen LogP contribution >= 0.6 is 11.6 Å². The van der Waals surface area contributed by atoms with Crippen LogP contribution in [0.5, 0.6) is 0 Å². The Morgan fingerprint density at radius 3 is 2.78 bits per heavy atom. The van der Waals surface area contributed by atoms with Gasteiger partial charge in [0.25, 0.3) is 0 Å². The van der Waals surface area contributed by atoms with E-state index in [-0.39, 0.29) is 0 Å². The van der Waals surface area contributed by atoms with Gasteiger partial charge in [-0.2, -0.15) is 0 Å². The van der Waals surface area contributed by atoms with Crippen LogP contribution in [0.2, 0.25) is 5.15 Å². The Balaban J connectivity index is 1.59. The van der Waals surface area contributed by atoms with E-state index in [9.17, 15) is 0 Å². The van der Waals surface area contributed by atoms with Crippen molar-refractivity contribution >= 4 is 11.6 Å². The van der Waals surface area contributed by atoms with Crippen molar-refractivity contribution in [2.24, 2.45) is 11.8 Å². The first kappa shape index (κ1) is 12.4. The van der Waals surface area contributed by atoms with Gasteiger partial charge < -0.3 is 0 Å². The van der Waals surface area contributed by atoms with Crippen LogP contribution < -0.4 is 0 Å². The molecule has 2 heterocycles. The lowest BCUT2D eigenvalue weighted by molar-refractivity contribution is 0.0820. The molecule has 0 bridgehead atoms. The van der Waals surface area contributed by atoms with Gasteiger partial charge in [0.15, 0.2) is 0 Å². The summed E-state index contributed by atoms with van der Waals surface area (Å²) in [6.07, 6.45) is 9.13. The molecule has 2 aliphatic rings. The van der Waals surface area contributed by atoms with Crippen molar-refractivity contribution in [1.82, 2.24) is 9.88 Å². The Labute approximate surface area is 114 Å². The van der Waals surface area contributed by atoms with E-state index in [2.05, 4.69) is 16.0 Å². The van der Waals surface area contributed by atoms with Crippen molar-refractivity contribution in [2.75, 3.05) is 13.1 Å². The lowest BCUT2D eigenvalue weighted by Crippen LogP contribution is -2.41. The van der Waals surface area contributed by atoms with Gasteiger partial charge in [0.2, 0.25) is 0 Å². The quantitative estimate of drug-likeness (QED) is 0.757. The monoisotopic (exact) mass is 264 g/mol. The summed E-state index contributed by atoms with van der Waals surface area (Å²) in [4.78, 5) is 6.76. The number of halogens is 1. The highest BCUT2D eigenvalue weighted by atomic mass is 35.5. The first-order chi connectivity index (χ1) is 8.81. The maximum atomic E-state index is 5.82. The molecule has 1 aromatic rings. The summed E-state index contributed by atoms with van der Waals surface area (Å²) in [5.74, 6) is 1.96. The van der Waals surface area contributed by atoms with Crippen LogP contribution in [0.25, 0.3) is 0 Å². The van der Waals surface area contributed by atoms with Gasteiger partial charge >= 0.3 is 0 Å². The predicted octanol–water partition coefficient (Wildman–Crippen LogP) is 3.75. The highest BCUT2D eigenvalue weighted by Gasteiger charge is 2.30. The van der Waals surface area contributed by atoms with E-state index in [4.69, 9.17) is 11.6 Å². The molecular formula is C15H21ClN2. The van der Waals surface area contributed by atoms with Crippen molar-refractivity contribution in [3.8, 4) is 0 Å². The summed E-state index contributed by atoms with van der Waals surface area (Å²) in [7, 11) is 0. The third-order valence-corrected chi connectivity index (χ3v) is 4.79. The van der Waals surface area contributed by atoms with Crippen LogP contribution in [0.15, 0.2) is 18.3 Å². The zero-order valence-corrected chi connectivity index (χ0v) is 11.6. The second-order valence-electron chi connectivity index (χ2n) is 5.82. The minimum atomic E-state index is 0.588. The average Bonchev–Trinajstić information content (AvgIpc) is 2.41. The molecule has 1 saturated carbocycles. The van der Waals surface area contributed by atoms with Crippen LogP contribution in [0.4, 0.5) is 0 Å². The van der Waals surface area contributed by atoms with Crippen molar-refractivity contribution in [3.05, 3.63) is 29.0 Å². The van der Waals surface area contributed by atoms with E-state index in [0.717, 1.165) is 18.4 Å². The van der Waals surface area contributed by atoms with Gasteiger partial charge in [-0.15, -0.1) is 0 Å². The van der Waals surface area contributed by atoms with Crippen molar-refractivity contribution in [1.29, 1.82) is 0 Å². The van der Waals surface area contributed by atoms with Crippen molar-refractivity contribution < 1.29 is 0 Å². The zero-order chi connectivity index (χ0) is 12.4. The number of nitrogens with zero attached hydrogens (tertiary/aromatic N) is 2. The second-order valence-corrected chi connectivity index (χ2v) is 6.20. The predicted molar refractivity (Wildman–Crippen MR) is 74.6 cm³/mol. The topological polar surface area (TPSA) is 16.1 Å². The van der Waals surface area contributed by atoms with Gasteiger partial charge in [0.1, 0.15) is 5.15 Å². The van der Waals surface area contributed by atoms with Gasteiger partial charge in [-0.05, 0) is 42.9 Å². The Hall–Kier alpha value is -0.600. The molecule has 1 aliphatic heterocycles. The first-order valence-corrected chi connectivity index (χ1v) is 7.52. The molecule has 0 aromatic carbocycles. The molecule has 1 saturated heterocycles. The summed E-state index contributed by atoms with van der Waals surface area (Å²) >= 11 is 5.82. The minimum absolute atomic E-state index is 0.588. The summed E-state index contributed by atoms with van der Waals surface area (Å²) < 4.78 is 0. The van der Waals surface area contributed by atoms with Crippen LogP contribution in [0.3, 0.4) is 0 Å². The van der Waals surface area contributed by atoms with Crippen LogP contribution in [0.1, 0.15) is 37.7 Å². The molecule has 0 radical (unpaired) electrons. The Kier molecular flexibility index (Phi) is 3.86. The van der Waals surface area contributed by atoms with Gasteiger partial charge in [0, 0.05) is 19.3 Å². The van der Waals surface area contributed by atoms with Crippen LogP contribution in [-0.4, -0.2) is 23.0 Å². The zero-order valence-electron chi connectivity index (χ0n) is 10.8. The largest absolute Gasteiger partial charge is 0.299 e. The fraction of sp³-hybridized carbons (Fsp3) is 0.667. The van der Waals surface area contributed by atoms with Crippen molar-refractivity contribution in [3.63, 3.8) is 0 Å². The molecule has 1 aliphatic carbocycles. The standard InChI is InChI=1S/C15H21ClN2/c16-15-6-5-12(9-17-15)10-18-8-7-13-3-1-2-4-14(13)11-18/h5-6,9,13-14H,1-4,7-8,10-11H2.